The minimum Gasteiger partial charge on any atom is -0.171 e. The summed E-state index contributed by atoms with van der Waals surface area (Å²) in [5, 5.41) is 0. The van der Waals surface area contributed by atoms with Gasteiger partial charge in [-0.05, 0) is 0 Å². The standard InChI is InChI=1S/C3H5F3S2/c4-3(5,6)1-2-8-7/h7H,1-2H2. The molecule has 0 aliphatic rings. The summed E-state index contributed by atoms with van der Waals surface area (Å²) in [7, 11) is 0.903. The molecule has 0 atom stereocenters. The fraction of sp³-hybridized carbons (Fsp3) is 1.00. The van der Waals surface area contributed by atoms with E-state index in [9.17, 15) is 13.2 Å². The van der Waals surface area contributed by atoms with Crippen molar-refractivity contribution in [2.24, 2.45) is 0 Å². The summed E-state index contributed by atoms with van der Waals surface area (Å²) in [5.41, 5.74) is 0. The number of thiol groups is 1. The third-order valence-electron chi connectivity index (χ3n) is 0.477. The Morgan fingerprint density at radius 1 is 1.38 bits per heavy atom. The van der Waals surface area contributed by atoms with Gasteiger partial charge in [-0.2, -0.15) is 13.2 Å². The summed E-state index contributed by atoms with van der Waals surface area (Å²) in [6, 6.07) is 0. The molecular weight excluding hydrogens is 157 g/mol. The zero-order valence-corrected chi connectivity index (χ0v) is 5.61. The van der Waals surface area contributed by atoms with Crippen molar-refractivity contribution >= 4 is 22.5 Å². The maximum absolute atomic E-state index is 11.2. The monoisotopic (exact) mass is 162 g/mol. The molecular formula is C3H5F3S2. The van der Waals surface area contributed by atoms with E-state index in [0.717, 1.165) is 10.8 Å². The van der Waals surface area contributed by atoms with Crippen LogP contribution in [0.1, 0.15) is 6.42 Å². The van der Waals surface area contributed by atoms with E-state index in [1.807, 2.05) is 0 Å². The van der Waals surface area contributed by atoms with Crippen molar-refractivity contribution in [1.82, 2.24) is 0 Å². The molecule has 5 heteroatoms. The molecule has 8 heavy (non-hydrogen) atoms. The van der Waals surface area contributed by atoms with E-state index < -0.39 is 12.6 Å². The fourth-order valence-corrected chi connectivity index (χ4v) is 0.758. The molecule has 0 spiro atoms. The average Bonchev–Trinajstić information content (AvgIpc) is 1.59. The molecule has 0 aromatic heterocycles. The lowest BCUT2D eigenvalue weighted by Crippen LogP contribution is -2.07. The van der Waals surface area contributed by atoms with Crippen LogP contribution in [0, 0.1) is 0 Å². The second kappa shape index (κ2) is 3.50. The lowest BCUT2D eigenvalue weighted by atomic mass is 10.5. The van der Waals surface area contributed by atoms with Crippen LogP contribution in [0.25, 0.3) is 0 Å². The van der Waals surface area contributed by atoms with Crippen LogP contribution in [0.4, 0.5) is 13.2 Å². The summed E-state index contributed by atoms with van der Waals surface area (Å²) < 4.78 is 33.6. The first-order valence-electron chi connectivity index (χ1n) is 1.89. The van der Waals surface area contributed by atoms with Crippen LogP contribution in [-0.4, -0.2) is 11.9 Å². The minimum absolute atomic E-state index is 0.0343. The van der Waals surface area contributed by atoms with Crippen molar-refractivity contribution in [3.63, 3.8) is 0 Å². The van der Waals surface area contributed by atoms with Crippen molar-refractivity contribution in [3.8, 4) is 0 Å². The molecule has 0 fully saturated rings. The summed E-state index contributed by atoms with van der Waals surface area (Å²) in [4.78, 5) is 0. The van der Waals surface area contributed by atoms with Gasteiger partial charge in [0, 0.05) is 5.75 Å². The highest BCUT2D eigenvalue weighted by atomic mass is 33.1. The smallest absolute Gasteiger partial charge is 0.171 e. The molecule has 0 aliphatic heterocycles. The van der Waals surface area contributed by atoms with Crippen molar-refractivity contribution in [1.29, 1.82) is 0 Å². The van der Waals surface area contributed by atoms with Gasteiger partial charge < -0.3 is 0 Å². The molecule has 0 saturated carbocycles. The van der Waals surface area contributed by atoms with E-state index in [1.165, 1.54) is 0 Å². The molecule has 0 saturated heterocycles. The number of halogens is 3. The Balaban J connectivity index is 3.11. The fourth-order valence-electron chi connectivity index (χ4n) is 0.161. The summed E-state index contributed by atoms with van der Waals surface area (Å²) in [6.45, 7) is 0. The number of hydrogen-bond donors (Lipinski definition) is 1. The highest BCUT2D eigenvalue weighted by Crippen LogP contribution is 2.22. The van der Waals surface area contributed by atoms with Gasteiger partial charge in [0.05, 0.1) is 6.42 Å². The van der Waals surface area contributed by atoms with E-state index in [1.54, 1.807) is 0 Å². The zero-order valence-electron chi connectivity index (χ0n) is 3.90. The first-order chi connectivity index (χ1) is 3.56. The first kappa shape index (κ1) is 8.49. The molecule has 0 rings (SSSR count). The summed E-state index contributed by atoms with van der Waals surface area (Å²) >= 11 is 3.55. The van der Waals surface area contributed by atoms with E-state index in [4.69, 9.17) is 0 Å². The van der Waals surface area contributed by atoms with Gasteiger partial charge in [0.25, 0.3) is 0 Å². The molecule has 0 aromatic rings. The van der Waals surface area contributed by atoms with Crippen LogP contribution >= 0.6 is 22.5 Å². The highest BCUT2D eigenvalue weighted by molar-refractivity contribution is 8.68. The van der Waals surface area contributed by atoms with E-state index in [0.29, 0.717) is 0 Å². The largest absolute Gasteiger partial charge is 0.389 e. The summed E-state index contributed by atoms with van der Waals surface area (Å²) in [6.07, 6.45) is -4.77. The molecule has 0 nitrogen and oxygen atoms in total. The first-order valence-corrected chi connectivity index (χ1v) is 3.93. The maximum atomic E-state index is 11.2. The Morgan fingerprint density at radius 3 is 2.00 bits per heavy atom. The number of alkyl halides is 3. The normalized spacial score (nSPS) is 12.0. The Hall–Kier alpha value is 0.490. The second-order valence-corrected chi connectivity index (χ2v) is 2.64. The van der Waals surface area contributed by atoms with Crippen molar-refractivity contribution < 1.29 is 13.2 Å². The van der Waals surface area contributed by atoms with Gasteiger partial charge in [0.2, 0.25) is 0 Å². The van der Waals surface area contributed by atoms with Gasteiger partial charge >= 0.3 is 6.18 Å². The molecule has 0 radical (unpaired) electrons. The van der Waals surface area contributed by atoms with Crippen LogP contribution in [0.2, 0.25) is 0 Å². The molecule has 0 unspecified atom stereocenters. The second-order valence-electron chi connectivity index (χ2n) is 1.20. The predicted molar refractivity (Wildman–Crippen MR) is 32.1 cm³/mol. The third-order valence-corrected chi connectivity index (χ3v) is 1.41. The lowest BCUT2D eigenvalue weighted by molar-refractivity contribution is -0.129. The topological polar surface area (TPSA) is 0 Å². The molecule has 0 heterocycles. The molecule has 0 aliphatic carbocycles. The lowest BCUT2D eigenvalue weighted by Gasteiger charge is -2.01. The Kier molecular flexibility index (Phi) is 3.72. The third kappa shape index (κ3) is 6.49. The Bertz CT molecular complexity index is 60.0. The molecule has 0 amide bonds. The molecule has 0 aromatic carbocycles. The van der Waals surface area contributed by atoms with Gasteiger partial charge in [-0.1, -0.05) is 10.8 Å². The van der Waals surface area contributed by atoms with Crippen molar-refractivity contribution in [3.05, 3.63) is 0 Å². The van der Waals surface area contributed by atoms with Gasteiger partial charge in [-0.3, -0.25) is 0 Å². The maximum Gasteiger partial charge on any atom is 0.389 e. The highest BCUT2D eigenvalue weighted by Gasteiger charge is 2.25. The SMILES string of the molecule is FC(F)(F)CCSS. The summed E-state index contributed by atoms with van der Waals surface area (Å²) in [5.74, 6) is 0.0343. The Labute approximate surface area is 54.6 Å². The van der Waals surface area contributed by atoms with Gasteiger partial charge in [0.15, 0.2) is 0 Å². The van der Waals surface area contributed by atoms with Crippen molar-refractivity contribution in [2.75, 3.05) is 5.75 Å². The van der Waals surface area contributed by atoms with E-state index in [2.05, 4.69) is 11.7 Å². The van der Waals surface area contributed by atoms with Crippen LogP contribution in [0.15, 0.2) is 0 Å². The van der Waals surface area contributed by atoms with Crippen molar-refractivity contribution in [2.45, 2.75) is 12.6 Å². The van der Waals surface area contributed by atoms with Gasteiger partial charge in [-0.25, -0.2) is 0 Å². The quantitative estimate of drug-likeness (QED) is 0.481. The minimum atomic E-state index is -4.02. The van der Waals surface area contributed by atoms with E-state index >= 15 is 0 Å². The molecule has 50 valence electrons. The average molecular weight is 162 g/mol. The van der Waals surface area contributed by atoms with Crippen LogP contribution < -0.4 is 0 Å². The van der Waals surface area contributed by atoms with Crippen LogP contribution in [0.3, 0.4) is 0 Å². The zero-order chi connectivity index (χ0) is 6.62. The Morgan fingerprint density at radius 2 is 1.88 bits per heavy atom. The number of rotatable bonds is 2. The van der Waals surface area contributed by atoms with Crippen LogP contribution in [0.5, 0.6) is 0 Å². The van der Waals surface area contributed by atoms with E-state index in [-0.39, 0.29) is 5.75 Å². The van der Waals surface area contributed by atoms with Gasteiger partial charge in [-0.15, -0.1) is 11.7 Å². The van der Waals surface area contributed by atoms with Gasteiger partial charge in [0.1, 0.15) is 0 Å². The molecule has 0 N–H and O–H groups in total. The number of hydrogen-bond acceptors (Lipinski definition) is 2. The predicted octanol–water partition coefficient (Wildman–Crippen LogP) is 2.52. The van der Waals surface area contributed by atoms with Crippen LogP contribution in [-0.2, 0) is 0 Å². The molecule has 0 bridgehead atoms.